The largest absolute Gasteiger partial charge is 0.374 e. The molecule has 0 bridgehead atoms. The van der Waals surface area contributed by atoms with Gasteiger partial charge in [0.15, 0.2) is 0 Å². The summed E-state index contributed by atoms with van der Waals surface area (Å²) >= 11 is 0. The van der Waals surface area contributed by atoms with Crippen LogP contribution in [0.15, 0.2) is 24.3 Å². The Labute approximate surface area is 96.4 Å². The maximum Gasteiger partial charge on any atom is 0.274 e. The standard InChI is InChI=1S/C10H13NO3.C2H6/c1-8(2)14-7-9-5-3-4-6-10(9)11(12)13;1-2/h3-6,8H,7H2,1-2H3;1-2H3. The van der Waals surface area contributed by atoms with E-state index in [1.807, 2.05) is 27.7 Å². The van der Waals surface area contributed by atoms with Crippen molar-refractivity contribution in [1.29, 1.82) is 0 Å². The first kappa shape index (κ1) is 14.6. The molecule has 4 heteroatoms. The monoisotopic (exact) mass is 225 g/mol. The zero-order valence-corrected chi connectivity index (χ0v) is 10.3. The van der Waals surface area contributed by atoms with E-state index < -0.39 is 0 Å². The lowest BCUT2D eigenvalue weighted by Crippen LogP contribution is -2.04. The van der Waals surface area contributed by atoms with Crippen molar-refractivity contribution in [3.63, 3.8) is 0 Å². The molecule has 1 rings (SSSR count). The number of hydrogen-bond donors (Lipinski definition) is 0. The van der Waals surface area contributed by atoms with E-state index in [2.05, 4.69) is 0 Å². The van der Waals surface area contributed by atoms with Gasteiger partial charge in [-0.2, -0.15) is 0 Å². The highest BCUT2D eigenvalue weighted by Gasteiger charge is 2.12. The zero-order chi connectivity index (χ0) is 12.6. The van der Waals surface area contributed by atoms with Gasteiger partial charge in [-0.3, -0.25) is 10.1 Å². The van der Waals surface area contributed by atoms with E-state index in [9.17, 15) is 10.1 Å². The van der Waals surface area contributed by atoms with Crippen molar-refractivity contribution in [2.45, 2.75) is 40.4 Å². The molecule has 0 aliphatic rings. The van der Waals surface area contributed by atoms with Gasteiger partial charge in [0.2, 0.25) is 0 Å². The first-order valence-corrected chi connectivity index (χ1v) is 5.45. The molecule has 4 nitrogen and oxygen atoms in total. The van der Waals surface area contributed by atoms with Gasteiger partial charge in [0.05, 0.1) is 23.2 Å². The Morgan fingerprint density at radius 2 is 1.88 bits per heavy atom. The first-order valence-electron chi connectivity index (χ1n) is 5.45. The van der Waals surface area contributed by atoms with Crippen LogP contribution in [0, 0.1) is 10.1 Å². The van der Waals surface area contributed by atoms with Crippen molar-refractivity contribution in [3.05, 3.63) is 39.9 Å². The van der Waals surface area contributed by atoms with Gasteiger partial charge < -0.3 is 4.74 Å². The fourth-order valence-electron chi connectivity index (χ4n) is 1.07. The van der Waals surface area contributed by atoms with Crippen molar-refractivity contribution in [2.75, 3.05) is 0 Å². The van der Waals surface area contributed by atoms with Gasteiger partial charge in [-0.05, 0) is 19.9 Å². The fourth-order valence-corrected chi connectivity index (χ4v) is 1.07. The summed E-state index contributed by atoms with van der Waals surface area (Å²) in [5.41, 5.74) is 0.736. The summed E-state index contributed by atoms with van der Waals surface area (Å²) in [7, 11) is 0. The Hall–Kier alpha value is -1.42. The second-order valence-electron chi connectivity index (χ2n) is 3.25. The SMILES string of the molecule is CC.CC(C)OCc1ccccc1[N+](=O)[O-]. The van der Waals surface area contributed by atoms with E-state index in [1.165, 1.54) is 6.07 Å². The number of benzene rings is 1. The van der Waals surface area contributed by atoms with Crippen molar-refractivity contribution in [3.8, 4) is 0 Å². The number of nitrogens with zero attached hydrogens (tertiary/aromatic N) is 1. The van der Waals surface area contributed by atoms with Crippen LogP contribution in [-0.4, -0.2) is 11.0 Å². The van der Waals surface area contributed by atoms with Gasteiger partial charge >= 0.3 is 0 Å². The molecule has 0 saturated heterocycles. The molecule has 0 fully saturated rings. The van der Waals surface area contributed by atoms with Crippen LogP contribution in [0.5, 0.6) is 0 Å². The van der Waals surface area contributed by atoms with Gasteiger partial charge in [-0.1, -0.05) is 26.0 Å². The highest BCUT2D eigenvalue weighted by atomic mass is 16.6. The molecule has 0 aromatic heterocycles. The molecule has 0 saturated carbocycles. The maximum absolute atomic E-state index is 10.6. The van der Waals surface area contributed by atoms with Gasteiger partial charge in [-0.15, -0.1) is 0 Å². The predicted molar refractivity (Wildman–Crippen MR) is 64.4 cm³/mol. The topological polar surface area (TPSA) is 52.4 Å². The molecular formula is C12H19NO3. The Morgan fingerprint density at radius 3 is 2.38 bits per heavy atom. The smallest absolute Gasteiger partial charge is 0.274 e. The minimum atomic E-state index is -0.390. The lowest BCUT2D eigenvalue weighted by Gasteiger charge is -2.07. The number of hydrogen-bond acceptors (Lipinski definition) is 3. The molecule has 0 amide bonds. The van der Waals surface area contributed by atoms with Crippen LogP contribution < -0.4 is 0 Å². The van der Waals surface area contributed by atoms with Crippen LogP contribution in [0.2, 0.25) is 0 Å². The molecule has 0 unspecified atom stereocenters. The third kappa shape index (κ3) is 4.89. The van der Waals surface area contributed by atoms with E-state index >= 15 is 0 Å². The minimum absolute atomic E-state index is 0.0785. The second kappa shape index (κ2) is 7.82. The number of rotatable bonds is 4. The molecule has 0 N–H and O–H groups in total. The zero-order valence-electron chi connectivity index (χ0n) is 10.3. The third-order valence-corrected chi connectivity index (χ3v) is 1.76. The summed E-state index contributed by atoms with van der Waals surface area (Å²) < 4.78 is 5.31. The van der Waals surface area contributed by atoms with Crippen LogP contribution in [0.3, 0.4) is 0 Å². The number of ether oxygens (including phenoxy) is 1. The maximum atomic E-state index is 10.6. The van der Waals surface area contributed by atoms with Gasteiger partial charge in [-0.25, -0.2) is 0 Å². The summed E-state index contributed by atoms with van der Waals surface area (Å²) in [6.07, 6.45) is 0.0785. The average molecular weight is 225 g/mol. The van der Waals surface area contributed by atoms with Crippen LogP contribution in [0.1, 0.15) is 33.3 Å². The molecule has 1 aromatic rings. The van der Waals surface area contributed by atoms with Crippen molar-refractivity contribution in [2.24, 2.45) is 0 Å². The Balaban J connectivity index is 0.00000106. The molecule has 16 heavy (non-hydrogen) atoms. The van der Waals surface area contributed by atoms with E-state index in [0.717, 1.165) is 0 Å². The number of nitro groups is 1. The van der Waals surface area contributed by atoms with Gasteiger partial charge in [0.25, 0.3) is 5.69 Å². The molecule has 0 atom stereocenters. The second-order valence-corrected chi connectivity index (χ2v) is 3.25. The summed E-state index contributed by atoms with van der Waals surface area (Å²) in [5.74, 6) is 0. The van der Waals surface area contributed by atoms with Crippen LogP contribution in [0.25, 0.3) is 0 Å². The Morgan fingerprint density at radius 1 is 1.31 bits per heavy atom. The molecule has 0 aliphatic heterocycles. The quantitative estimate of drug-likeness (QED) is 0.581. The Kier molecular flexibility index (Phi) is 7.12. The summed E-state index contributed by atoms with van der Waals surface area (Å²) in [6.45, 7) is 8.08. The first-order chi connectivity index (χ1) is 7.61. The summed E-state index contributed by atoms with van der Waals surface area (Å²) in [4.78, 5) is 10.2. The molecule has 0 spiro atoms. The van der Waals surface area contributed by atoms with E-state index in [1.54, 1.807) is 18.2 Å². The third-order valence-electron chi connectivity index (χ3n) is 1.76. The lowest BCUT2D eigenvalue weighted by molar-refractivity contribution is -0.386. The molecular weight excluding hydrogens is 206 g/mol. The number of para-hydroxylation sites is 1. The highest BCUT2D eigenvalue weighted by molar-refractivity contribution is 5.39. The lowest BCUT2D eigenvalue weighted by atomic mass is 10.2. The average Bonchev–Trinajstić information content (AvgIpc) is 2.29. The van der Waals surface area contributed by atoms with Crippen molar-refractivity contribution in [1.82, 2.24) is 0 Å². The molecule has 0 heterocycles. The normalized spacial score (nSPS) is 9.56. The molecule has 1 aromatic carbocycles. The minimum Gasteiger partial charge on any atom is -0.374 e. The summed E-state index contributed by atoms with van der Waals surface area (Å²) in [5, 5.41) is 10.6. The number of nitro benzene ring substituents is 1. The molecule has 0 aliphatic carbocycles. The van der Waals surface area contributed by atoms with Crippen LogP contribution in [0.4, 0.5) is 5.69 Å². The van der Waals surface area contributed by atoms with Crippen LogP contribution >= 0.6 is 0 Å². The van der Waals surface area contributed by atoms with E-state index in [4.69, 9.17) is 4.74 Å². The van der Waals surface area contributed by atoms with Crippen LogP contribution in [-0.2, 0) is 11.3 Å². The van der Waals surface area contributed by atoms with E-state index in [-0.39, 0.29) is 23.3 Å². The predicted octanol–water partition coefficient (Wildman–Crippen LogP) is 3.55. The molecule has 90 valence electrons. The molecule has 0 radical (unpaired) electrons. The van der Waals surface area contributed by atoms with Gasteiger partial charge in [0.1, 0.15) is 0 Å². The van der Waals surface area contributed by atoms with E-state index in [0.29, 0.717) is 5.56 Å². The van der Waals surface area contributed by atoms with Gasteiger partial charge in [0, 0.05) is 6.07 Å². The fraction of sp³-hybridized carbons (Fsp3) is 0.500. The van der Waals surface area contributed by atoms with Crippen molar-refractivity contribution >= 4 is 5.69 Å². The summed E-state index contributed by atoms with van der Waals surface area (Å²) in [6, 6.07) is 6.61. The Bertz CT molecular complexity index is 324. The highest BCUT2D eigenvalue weighted by Crippen LogP contribution is 2.18. The van der Waals surface area contributed by atoms with Crippen molar-refractivity contribution < 1.29 is 9.66 Å².